The van der Waals surface area contributed by atoms with Crippen molar-refractivity contribution in [2.45, 2.75) is 57.9 Å². The summed E-state index contributed by atoms with van der Waals surface area (Å²) in [5.41, 5.74) is 2.12. The Balaban J connectivity index is 1.83. The second kappa shape index (κ2) is 7.83. The molecule has 1 aliphatic carbocycles. The predicted octanol–water partition coefficient (Wildman–Crippen LogP) is 2.28. The van der Waals surface area contributed by atoms with Crippen molar-refractivity contribution in [2.24, 2.45) is 5.92 Å². The van der Waals surface area contributed by atoms with E-state index in [1.165, 1.54) is 10.4 Å². The molecule has 1 unspecified atom stereocenters. The summed E-state index contributed by atoms with van der Waals surface area (Å²) in [5.74, 6) is -0.583. The van der Waals surface area contributed by atoms with Gasteiger partial charge in [0.25, 0.3) is 0 Å². The summed E-state index contributed by atoms with van der Waals surface area (Å²) in [7, 11) is -3.62. The van der Waals surface area contributed by atoms with Gasteiger partial charge in [0.05, 0.1) is 10.8 Å². The summed E-state index contributed by atoms with van der Waals surface area (Å²) < 4.78 is 27.2. The Hall–Kier alpha value is -1.93. The second-order valence-electron chi connectivity index (χ2n) is 7.67. The van der Waals surface area contributed by atoms with Gasteiger partial charge in [-0.15, -0.1) is 0 Å². The summed E-state index contributed by atoms with van der Waals surface area (Å²) in [5, 5.41) is 2.88. The summed E-state index contributed by atoms with van der Waals surface area (Å²) in [6.45, 7) is 8.50. The monoisotopic (exact) mass is 407 g/mol. The minimum atomic E-state index is -3.62. The van der Waals surface area contributed by atoms with Gasteiger partial charge in [0.2, 0.25) is 21.8 Å². The smallest absolute Gasteiger partial charge is 0.243 e. The molecule has 3 rings (SSSR count). The molecule has 0 bridgehead atoms. The van der Waals surface area contributed by atoms with E-state index < -0.39 is 15.9 Å². The number of rotatable bonds is 7. The zero-order chi connectivity index (χ0) is 20.6. The Bertz CT molecular complexity index is 889. The van der Waals surface area contributed by atoms with Crippen LogP contribution >= 0.6 is 0 Å². The molecule has 8 heteroatoms. The first kappa shape index (κ1) is 20.8. The molecule has 2 amide bonds. The molecule has 1 N–H and O–H groups in total. The van der Waals surface area contributed by atoms with Crippen LogP contribution in [0.25, 0.3) is 0 Å². The van der Waals surface area contributed by atoms with Crippen molar-refractivity contribution in [1.82, 2.24) is 9.21 Å². The number of aryl methyl sites for hydroxylation is 1. The largest absolute Gasteiger partial charge is 0.339 e. The molecule has 1 aliphatic heterocycles. The molecule has 1 atom stereocenters. The Morgan fingerprint density at radius 2 is 1.86 bits per heavy atom. The van der Waals surface area contributed by atoms with Crippen LogP contribution < -0.4 is 5.32 Å². The van der Waals surface area contributed by atoms with Gasteiger partial charge in [-0.25, -0.2) is 8.42 Å². The maximum absolute atomic E-state index is 12.9. The number of carbonyl (C=O) groups is 2. The predicted molar refractivity (Wildman–Crippen MR) is 107 cm³/mol. The van der Waals surface area contributed by atoms with E-state index in [0.717, 1.165) is 24.0 Å². The van der Waals surface area contributed by atoms with Crippen molar-refractivity contribution in [2.75, 3.05) is 25.0 Å². The number of benzene rings is 1. The van der Waals surface area contributed by atoms with E-state index in [1.54, 1.807) is 19.9 Å². The zero-order valence-corrected chi connectivity index (χ0v) is 17.8. The van der Waals surface area contributed by atoms with Crippen molar-refractivity contribution in [3.63, 3.8) is 0 Å². The topological polar surface area (TPSA) is 86.8 Å². The average molecular weight is 408 g/mol. The highest BCUT2D eigenvalue weighted by Crippen LogP contribution is 2.33. The van der Waals surface area contributed by atoms with Crippen molar-refractivity contribution in [3.05, 3.63) is 23.3 Å². The number of sulfonamides is 1. The number of nitrogens with one attached hydrogen (secondary N) is 1. The van der Waals surface area contributed by atoms with Gasteiger partial charge < -0.3 is 10.2 Å². The molecule has 0 aromatic heterocycles. The van der Waals surface area contributed by atoms with Crippen LogP contribution in [-0.2, 0) is 19.6 Å². The highest BCUT2D eigenvalue weighted by atomic mass is 32.2. The summed E-state index contributed by atoms with van der Waals surface area (Å²) in [6.07, 6.45) is 2.26. The molecule has 7 nitrogen and oxygen atoms in total. The molecule has 28 heavy (non-hydrogen) atoms. The van der Waals surface area contributed by atoms with Crippen LogP contribution in [0.15, 0.2) is 17.0 Å². The molecule has 0 radical (unpaired) electrons. The van der Waals surface area contributed by atoms with Crippen LogP contribution in [0.5, 0.6) is 0 Å². The minimum Gasteiger partial charge on any atom is -0.339 e. The Labute approximate surface area is 167 Å². The lowest BCUT2D eigenvalue weighted by Gasteiger charge is -2.21. The SMILES string of the molecule is CCN(CC)S(=O)(=O)c1cc(C)c(C)c(NC(=O)C2CC(=O)N(C3CC3)C2)c1. The molecule has 1 heterocycles. The van der Waals surface area contributed by atoms with Crippen LogP contribution in [0.1, 0.15) is 44.2 Å². The summed E-state index contributed by atoms with van der Waals surface area (Å²) in [6, 6.07) is 3.48. The number of nitrogens with zero attached hydrogens (tertiary/aromatic N) is 2. The van der Waals surface area contributed by atoms with Gasteiger partial charge >= 0.3 is 0 Å². The average Bonchev–Trinajstić information content (AvgIpc) is 3.41. The van der Waals surface area contributed by atoms with Crippen molar-refractivity contribution in [3.8, 4) is 0 Å². The highest BCUT2D eigenvalue weighted by molar-refractivity contribution is 7.89. The van der Waals surface area contributed by atoms with Crippen LogP contribution in [0.2, 0.25) is 0 Å². The molecule has 0 spiro atoms. The molecular weight excluding hydrogens is 378 g/mol. The maximum Gasteiger partial charge on any atom is 0.243 e. The van der Waals surface area contributed by atoms with Gasteiger partial charge in [-0.3, -0.25) is 9.59 Å². The fourth-order valence-electron chi connectivity index (χ4n) is 3.70. The van der Waals surface area contributed by atoms with E-state index in [0.29, 0.717) is 31.4 Å². The van der Waals surface area contributed by atoms with Crippen molar-refractivity contribution < 1.29 is 18.0 Å². The van der Waals surface area contributed by atoms with E-state index >= 15 is 0 Å². The quantitative estimate of drug-likeness (QED) is 0.751. The van der Waals surface area contributed by atoms with Crippen LogP contribution in [0, 0.1) is 19.8 Å². The Morgan fingerprint density at radius 3 is 2.43 bits per heavy atom. The molecule has 1 saturated carbocycles. The van der Waals surface area contributed by atoms with Gasteiger partial charge in [-0.2, -0.15) is 4.31 Å². The van der Waals surface area contributed by atoms with Crippen LogP contribution in [0.4, 0.5) is 5.69 Å². The fourth-order valence-corrected chi connectivity index (χ4v) is 5.27. The standard InChI is InChI=1S/C20H29N3O4S/c1-5-22(6-2)28(26,27)17-9-13(3)14(4)18(11-17)21-20(25)15-10-19(24)23(12-15)16-7-8-16/h9,11,15-16H,5-8,10,12H2,1-4H3,(H,21,25). The third-order valence-corrected chi connectivity index (χ3v) is 7.79. The van der Waals surface area contributed by atoms with Crippen LogP contribution in [0.3, 0.4) is 0 Å². The first-order chi connectivity index (χ1) is 13.2. The van der Waals surface area contributed by atoms with Gasteiger partial charge in [0.15, 0.2) is 0 Å². The molecule has 2 fully saturated rings. The molecule has 2 aliphatic rings. The zero-order valence-electron chi connectivity index (χ0n) is 17.0. The van der Waals surface area contributed by atoms with E-state index in [1.807, 2.05) is 18.7 Å². The maximum atomic E-state index is 12.9. The number of hydrogen-bond acceptors (Lipinski definition) is 4. The van der Waals surface area contributed by atoms with Gasteiger partial charge in [0, 0.05) is 37.8 Å². The number of anilines is 1. The lowest BCUT2D eigenvalue weighted by atomic mass is 10.1. The Kier molecular flexibility index (Phi) is 5.82. The third-order valence-electron chi connectivity index (χ3n) is 5.76. The molecule has 154 valence electrons. The molecule has 1 aromatic carbocycles. The van der Waals surface area contributed by atoms with Crippen molar-refractivity contribution in [1.29, 1.82) is 0 Å². The summed E-state index contributed by atoms with van der Waals surface area (Å²) >= 11 is 0. The van der Waals surface area contributed by atoms with E-state index in [4.69, 9.17) is 0 Å². The van der Waals surface area contributed by atoms with Gasteiger partial charge in [0.1, 0.15) is 0 Å². The lowest BCUT2D eigenvalue weighted by molar-refractivity contribution is -0.128. The molecular formula is C20H29N3O4S. The lowest BCUT2D eigenvalue weighted by Crippen LogP contribution is -2.31. The van der Waals surface area contributed by atoms with E-state index in [-0.39, 0.29) is 23.1 Å². The highest BCUT2D eigenvalue weighted by Gasteiger charge is 2.41. The number of hydrogen-bond donors (Lipinski definition) is 1. The first-order valence-electron chi connectivity index (χ1n) is 9.90. The van der Waals surface area contributed by atoms with Gasteiger partial charge in [-0.1, -0.05) is 13.8 Å². The van der Waals surface area contributed by atoms with Gasteiger partial charge in [-0.05, 0) is 49.9 Å². The van der Waals surface area contributed by atoms with E-state index in [2.05, 4.69) is 5.32 Å². The first-order valence-corrected chi connectivity index (χ1v) is 11.3. The molecule has 1 aromatic rings. The summed E-state index contributed by atoms with van der Waals surface area (Å²) in [4.78, 5) is 26.9. The number of amides is 2. The molecule has 1 saturated heterocycles. The minimum absolute atomic E-state index is 0.0356. The Morgan fingerprint density at radius 1 is 1.21 bits per heavy atom. The second-order valence-corrected chi connectivity index (χ2v) is 9.61. The van der Waals surface area contributed by atoms with E-state index in [9.17, 15) is 18.0 Å². The van der Waals surface area contributed by atoms with Crippen molar-refractivity contribution >= 4 is 27.5 Å². The number of carbonyl (C=O) groups excluding carboxylic acids is 2. The third kappa shape index (κ3) is 3.93. The normalized spacial score (nSPS) is 20.1. The fraction of sp³-hybridized carbons (Fsp3) is 0.600. The number of likely N-dealkylation sites (tertiary alicyclic amines) is 1. The van der Waals surface area contributed by atoms with Crippen LogP contribution in [-0.4, -0.2) is 55.1 Å².